The first-order valence-electron chi connectivity index (χ1n) is 5.06. The molecule has 0 aliphatic carbocycles. The number of nitriles is 1. The fourth-order valence-electron chi connectivity index (χ4n) is 1.54. The van der Waals surface area contributed by atoms with Crippen molar-refractivity contribution in [3.63, 3.8) is 0 Å². The van der Waals surface area contributed by atoms with Crippen LogP contribution in [0.5, 0.6) is 0 Å². The van der Waals surface area contributed by atoms with E-state index in [1.165, 1.54) is 0 Å². The van der Waals surface area contributed by atoms with Crippen molar-refractivity contribution in [3.05, 3.63) is 53.3 Å². The Morgan fingerprint density at radius 1 is 1.24 bits per heavy atom. The van der Waals surface area contributed by atoms with E-state index < -0.39 is 0 Å². The lowest BCUT2D eigenvalue weighted by Gasteiger charge is -2.20. The van der Waals surface area contributed by atoms with Crippen LogP contribution in [0.1, 0.15) is 5.56 Å². The van der Waals surface area contributed by atoms with Crippen LogP contribution >= 0.6 is 11.6 Å². The average Bonchev–Trinajstić information content (AvgIpc) is 2.39. The zero-order chi connectivity index (χ0) is 12.3. The van der Waals surface area contributed by atoms with E-state index in [2.05, 4.69) is 11.1 Å². The number of aromatic nitrogens is 1. The summed E-state index contributed by atoms with van der Waals surface area (Å²) in [6.07, 6.45) is 3.30. The van der Waals surface area contributed by atoms with Crippen LogP contribution in [0.2, 0.25) is 5.02 Å². The maximum Gasteiger partial charge on any atom is 0.0991 e. The molecule has 1 aromatic heterocycles. The van der Waals surface area contributed by atoms with Crippen molar-refractivity contribution < 1.29 is 0 Å². The Morgan fingerprint density at radius 2 is 1.94 bits per heavy atom. The highest BCUT2D eigenvalue weighted by Gasteiger charge is 2.07. The van der Waals surface area contributed by atoms with E-state index >= 15 is 0 Å². The molecule has 0 bridgehead atoms. The first kappa shape index (κ1) is 11.4. The van der Waals surface area contributed by atoms with Crippen molar-refractivity contribution in [2.24, 2.45) is 0 Å². The number of halogens is 1. The lowest BCUT2D eigenvalue weighted by atomic mass is 10.2. The molecule has 0 atom stereocenters. The highest BCUT2D eigenvalue weighted by Crippen LogP contribution is 2.29. The number of pyridine rings is 1. The second-order valence-corrected chi connectivity index (χ2v) is 3.95. The van der Waals surface area contributed by atoms with Crippen molar-refractivity contribution in [3.8, 4) is 6.07 Å². The molecule has 0 amide bonds. The van der Waals surface area contributed by atoms with Crippen LogP contribution in [-0.2, 0) is 0 Å². The van der Waals surface area contributed by atoms with Gasteiger partial charge in [-0.05, 0) is 30.3 Å². The van der Waals surface area contributed by atoms with Gasteiger partial charge in [0, 0.05) is 25.1 Å². The highest BCUT2D eigenvalue weighted by atomic mass is 35.5. The summed E-state index contributed by atoms with van der Waals surface area (Å²) in [6, 6.07) is 11.3. The Bertz CT molecular complexity index is 558. The van der Waals surface area contributed by atoms with E-state index in [0.717, 1.165) is 11.4 Å². The van der Waals surface area contributed by atoms with Crippen LogP contribution < -0.4 is 4.90 Å². The number of rotatable bonds is 2. The van der Waals surface area contributed by atoms with Crippen molar-refractivity contribution in [2.75, 3.05) is 11.9 Å². The van der Waals surface area contributed by atoms with Crippen molar-refractivity contribution in [1.82, 2.24) is 4.98 Å². The van der Waals surface area contributed by atoms with Gasteiger partial charge >= 0.3 is 0 Å². The summed E-state index contributed by atoms with van der Waals surface area (Å²) >= 11 is 6.07. The predicted molar refractivity (Wildman–Crippen MR) is 68.5 cm³/mol. The van der Waals surface area contributed by atoms with Crippen LogP contribution in [0, 0.1) is 11.3 Å². The quantitative estimate of drug-likeness (QED) is 0.812. The van der Waals surface area contributed by atoms with E-state index in [1.807, 2.05) is 30.1 Å². The van der Waals surface area contributed by atoms with Gasteiger partial charge in [-0.3, -0.25) is 4.98 Å². The van der Waals surface area contributed by atoms with Gasteiger partial charge in [-0.15, -0.1) is 0 Å². The maximum atomic E-state index is 8.74. The molecule has 0 spiro atoms. The van der Waals surface area contributed by atoms with Gasteiger partial charge in [-0.25, -0.2) is 0 Å². The molecule has 84 valence electrons. The fraction of sp³-hybridized carbons (Fsp3) is 0.0769. The van der Waals surface area contributed by atoms with Crippen molar-refractivity contribution >= 4 is 23.0 Å². The summed E-state index contributed by atoms with van der Waals surface area (Å²) in [5.41, 5.74) is 2.49. The second kappa shape index (κ2) is 4.86. The SMILES string of the molecule is CN(c1ccc(C#N)cc1)c1ccncc1Cl. The predicted octanol–water partition coefficient (Wildman–Crippen LogP) is 3.37. The number of hydrogen-bond donors (Lipinski definition) is 0. The molecule has 2 aromatic rings. The number of benzene rings is 1. The molecular formula is C13H10ClN3. The zero-order valence-electron chi connectivity index (χ0n) is 9.26. The van der Waals surface area contributed by atoms with Gasteiger partial charge in [0.1, 0.15) is 0 Å². The van der Waals surface area contributed by atoms with Crippen LogP contribution in [-0.4, -0.2) is 12.0 Å². The maximum absolute atomic E-state index is 8.74. The van der Waals surface area contributed by atoms with Crippen LogP contribution in [0.25, 0.3) is 0 Å². The summed E-state index contributed by atoms with van der Waals surface area (Å²) in [6.45, 7) is 0. The number of nitrogens with zero attached hydrogens (tertiary/aromatic N) is 3. The van der Waals surface area contributed by atoms with E-state index in [1.54, 1.807) is 24.5 Å². The molecule has 1 aromatic carbocycles. The molecule has 2 rings (SSSR count). The molecule has 0 saturated heterocycles. The third-order valence-corrected chi connectivity index (χ3v) is 2.79. The molecule has 0 N–H and O–H groups in total. The lowest BCUT2D eigenvalue weighted by Crippen LogP contribution is -2.09. The molecule has 0 aliphatic rings. The minimum absolute atomic E-state index is 0.597. The molecule has 0 saturated carbocycles. The van der Waals surface area contributed by atoms with Crippen molar-refractivity contribution in [2.45, 2.75) is 0 Å². The Kier molecular flexibility index (Phi) is 3.27. The fourth-order valence-corrected chi connectivity index (χ4v) is 1.78. The molecule has 3 nitrogen and oxygen atoms in total. The number of anilines is 2. The zero-order valence-corrected chi connectivity index (χ0v) is 10.0. The number of hydrogen-bond acceptors (Lipinski definition) is 3. The van der Waals surface area contributed by atoms with Gasteiger partial charge in [0.15, 0.2) is 0 Å². The third-order valence-electron chi connectivity index (χ3n) is 2.50. The Balaban J connectivity index is 2.34. The molecule has 0 aliphatic heterocycles. The first-order chi connectivity index (χ1) is 8.22. The summed E-state index contributed by atoms with van der Waals surface area (Å²) in [5, 5.41) is 9.33. The standard InChI is InChI=1S/C13H10ClN3/c1-17(13-6-7-16-9-12(13)14)11-4-2-10(8-15)3-5-11/h2-7,9H,1H3. The van der Waals surface area contributed by atoms with Crippen molar-refractivity contribution in [1.29, 1.82) is 5.26 Å². The minimum Gasteiger partial charge on any atom is -0.343 e. The second-order valence-electron chi connectivity index (χ2n) is 3.54. The largest absolute Gasteiger partial charge is 0.343 e. The summed E-state index contributed by atoms with van der Waals surface area (Å²) in [7, 11) is 1.92. The smallest absolute Gasteiger partial charge is 0.0991 e. The highest BCUT2D eigenvalue weighted by molar-refractivity contribution is 6.33. The Labute approximate surface area is 105 Å². The van der Waals surface area contributed by atoms with Crippen LogP contribution in [0.4, 0.5) is 11.4 Å². The minimum atomic E-state index is 0.597. The Hall–Kier alpha value is -2.05. The summed E-state index contributed by atoms with van der Waals surface area (Å²) in [4.78, 5) is 5.90. The molecule has 17 heavy (non-hydrogen) atoms. The van der Waals surface area contributed by atoms with E-state index in [4.69, 9.17) is 16.9 Å². The van der Waals surface area contributed by atoms with Gasteiger partial charge in [-0.2, -0.15) is 5.26 Å². The monoisotopic (exact) mass is 243 g/mol. The molecular weight excluding hydrogens is 234 g/mol. The normalized spacial score (nSPS) is 9.71. The topological polar surface area (TPSA) is 39.9 Å². The van der Waals surface area contributed by atoms with E-state index in [-0.39, 0.29) is 0 Å². The van der Waals surface area contributed by atoms with Gasteiger partial charge in [-0.1, -0.05) is 11.6 Å². The van der Waals surface area contributed by atoms with E-state index in [0.29, 0.717) is 10.6 Å². The molecule has 0 fully saturated rings. The van der Waals surface area contributed by atoms with Crippen LogP contribution in [0.15, 0.2) is 42.7 Å². The molecule has 4 heteroatoms. The third kappa shape index (κ3) is 2.38. The summed E-state index contributed by atoms with van der Waals surface area (Å²) in [5.74, 6) is 0. The first-order valence-corrected chi connectivity index (χ1v) is 5.43. The van der Waals surface area contributed by atoms with Gasteiger partial charge in [0.25, 0.3) is 0 Å². The summed E-state index contributed by atoms with van der Waals surface area (Å²) < 4.78 is 0. The van der Waals surface area contributed by atoms with Gasteiger partial charge < -0.3 is 4.90 Å². The average molecular weight is 244 g/mol. The lowest BCUT2D eigenvalue weighted by molar-refractivity contribution is 1.19. The molecule has 0 radical (unpaired) electrons. The molecule has 0 unspecified atom stereocenters. The van der Waals surface area contributed by atoms with Gasteiger partial charge in [0.2, 0.25) is 0 Å². The van der Waals surface area contributed by atoms with Crippen LogP contribution in [0.3, 0.4) is 0 Å². The van der Waals surface area contributed by atoms with Gasteiger partial charge in [0.05, 0.1) is 22.3 Å². The van der Waals surface area contributed by atoms with E-state index in [9.17, 15) is 0 Å². The molecule has 1 heterocycles. The Morgan fingerprint density at radius 3 is 2.53 bits per heavy atom.